The lowest BCUT2D eigenvalue weighted by Gasteiger charge is -2.38. The molecule has 0 spiro atoms. The van der Waals surface area contributed by atoms with E-state index in [0.29, 0.717) is 37.5 Å². The van der Waals surface area contributed by atoms with Gasteiger partial charge in [0.25, 0.3) is 0 Å². The minimum Gasteiger partial charge on any atom is -0.507 e. The second-order valence-electron chi connectivity index (χ2n) is 10.7. The fraction of sp³-hybridized carbons (Fsp3) is 0.375. The standard InChI is InChI=1S/C32H37F2N5O3/c1-5-6-15-38(21(3)17-36-18-40)31(35-4)24-16-26(34)29(28-25(33)11-8-12-27(28)42)37-32(24)39(19-41)30-20(2)9-7-10-23(30)22-13-14-22/h5,7-12,16,18-19,21-23,30,42H,1,6,13-15,17H2,2-4H3,(H,36,40). The van der Waals surface area contributed by atoms with Crippen LogP contribution >= 0.6 is 0 Å². The molecule has 1 saturated carbocycles. The van der Waals surface area contributed by atoms with Gasteiger partial charge in [0.2, 0.25) is 12.8 Å². The molecule has 4 rings (SSSR count). The first-order valence-corrected chi connectivity index (χ1v) is 14.1. The van der Waals surface area contributed by atoms with E-state index in [2.05, 4.69) is 27.9 Å². The summed E-state index contributed by atoms with van der Waals surface area (Å²) < 4.78 is 31.0. The molecule has 1 fully saturated rings. The van der Waals surface area contributed by atoms with E-state index >= 15 is 4.39 Å². The van der Waals surface area contributed by atoms with Crippen molar-refractivity contribution in [1.29, 1.82) is 0 Å². The third-order valence-corrected chi connectivity index (χ3v) is 7.86. The van der Waals surface area contributed by atoms with Crippen LogP contribution in [0.15, 0.2) is 65.7 Å². The van der Waals surface area contributed by atoms with Gasteiger partial charge in [-0.3, -0.25) is 19.5 Å². The first-order chi connectivity index (χ1) is 20.3. The predicted octanol–water partition coefficient (Wildman–Crippen LogP) is 5.00. The van der Waals surface area contributed by atoms with Gasteiger partial charge in [0.1, 0.15) is 28.9 Å². The highest BCUT2D eigenvalue weighted by Gasteiger charge is 2.41. The Bertz CT molecular complexity index is 1400. The average Bonchev–Trinajstić information content (AvgIpc) is 3.82. The molecule has 3 atom stereocenters. The number of benzene rings is 1. The zero-order valence-corrected chi connectivity index (χ0v) is 24.1. The van der Waals surface area contributed by atoms with Crippen molar-refractivity contribution < 1.29 is 23.5 Å². The molecule has 2 aromatic rings. The zero-order valence-electron chi connectivity index (χ0n) is 24.1. The Kier molecular flexibility index (Phi) is 9.88. The van der Waals surface area contributed by atoms with Gasteiger partial charge >= 0.3 is 0 Å². The number of phenols is 1. The number of aliphatic imine (C=N–C) groups is 1. The Morgan fingerprint density at radius 2 is 2.05 bits per heavy atom. The summed E-state index contributed by atoms with van der Waals surface area (Å²) in [4.78, 5) is 36.5. The summed E-state index contributed by atoms with van der Waals surface area (Å²) in [7, 11) is 1.56. The van der Waals surface area contributed by atoms with E-state index in [1.54, 1.807) is 13.1 Å². The van der Waals surface area contributed by atoms with Gasteiger partial charge < -0.3 is 15.3 Å². The van der Waals surface area contributed by atoms with Crippen LogP contribution in [0, 0.1) is 23.5 Å². The van der Waals surface area contributed by atoms with Gasteiger partial charge in [0.15, 0.2) is 5.82 Å². The maximum absolute atomic E-state index is 16.0. The number of carbonyl (C=O) groups excluding carboxylic acids is 2. The first kappa shape index (κ1) is 30.6. The first-order valence-electron chi connectivity index (χ1n) is 14.1. The van der Waals surface area contributed by atoms with E-state index in [1.807, 2.05) is 30.9 Å². The number of amidine groups is 1. The number of phenolic OH excluding ortho intramolecular Hbond substituents is 1. The van der Waals surface area contributed by atoms with Crippen molar-refractivity contribution in [3.63, 3.8) is 0 Å². The normalized spacial score (nSPS) is 19.1. The van der Waals surface area contributed by atoms with Crippen molar-refractivity contribution in [3.05, 3.63) is 77.9 Å². The Morgan fingerprint density at radius 1 is 1.29 bits per heavy atom. The number of halogens is 2. The molecule has 0 aliphatic heterocycles. The Morgan fingerprint density at radius 3 is 2.67 bits per heavy atom. The topological polar surface area (TPSA) is 98.1 Å². The Balaban J connectivity index is 1.96. The van der Waals surface area contributed by atoms with Crippen LogP contribution < -0.4 is 10.2 Å². The Labute approximate surface area is 245 Å². The lowest BCUT2D eigenvalue weighted by Crippen LogP contribution is -2.47. The molecule has 2 aliphatic rings. The summed E-state index contributed by atoms with van der Waals surface area (Å²) in [6.07, 6.45) is 11.6. The van der Waals surface area contributed by atoms with Crippen molar-refractivity contribution in [2.45, 2.75) is 45.2 Å². The molecule has 3 unspecified atom stereocenters. The van der Waals surface area contributed by atoms with E-state index in [9.17, 15) is 19.1 Å². The van der Waals surface area contributed by atoms with Gasteiger partial charge in [-0.05, 0) is 62.8 Å². The summed E-state index contributed by atoms with van der Waals surface area (Å²) in [5.74, 6) is -1.40. The van der Waals surface area contributed by atoms with Gasteiger partial charge in [-0.25, -0.2) is 13.8 Å². The number of anilines is 1. The van der Waals surface area contributed by atoms with Crippen LogP contribution in [-0.2, 0) is 9.59 Å². The number of allylic oxidation sites excluding steroid dienone is 2. The van der Waals surface area contributed by atoms with E-state index in [-0.39, 0.29) is 29.9 Å². The number of amides is 2. The monoisotopic (exact) mass is 577 g/mol. The average molecular weight is 578 g/mol. The Hall–Kier alpha value is -4.34. The lowest BCUT2D eigenvalue weighted by molar-refractivity contribution is -0.110. The minimum atomic E-state index is -0.891. The van der Waals surface area contributed by atoms with Crippen LogP contribution in [0.1, 0.15) is 38.7 Å². The summed E-state index contributed by atoms with van der Waals surface area (Å²) in [6.45, 7) is 8.35. The van der Waals surface area contributed by atoms with Gasteiger partial charge in [-0.2, -0.15) is 0 Å². The largest absolute Gasteiger partial charge is 0.507 e. The SMILES string of the molecule is C=CCCN(C(=NC)c1cc(F)c(-c2c(O)cccc2F)nc1N(C=O)C1C(C)=CC=CC1C1CC1)C(C)CNC=O. The number of nitrogens with zero attached hydrogens (tertiary/aromatic N) is 4. The van der Waals surface area contributed by atoms with E-state index < -0.39 is 34.7 Å². The van der Waals surface area contributed by atoms with Crippen LogP contribution in [0.2, 0.25) is 0 Å². The quantitative estimate of drug-likeness (QED) is 0.151. The molecule has 2 aliphatic carbocycles. The zero-order chi connectivity index (χ0) is 30.4. The molecule has 1 aromatic carbocycles. The molecule has 0 saturated heterocycles. The maximum Gasteiger partial charge on any atom is 0.215 e. The van der Waals surface area contributed by atoms with Crippen molar-refractivity contribution in [2.24, 2.45) is 16.8 Å². The number of carbonyl (C=O) groups is 2. The molecule has 2 amide bonds. The maximum atomic E-state index is 16.0. The molecule has 0 bridgehead atoms. The number of nitrogens with one attached hydrogen (secondary N) is 1. The van der Waals surface area contributed by atoms with E-state index in [0.717, 1.165) is 24.5 Å². The minimum absolute atomic E-state index is 0.0137. The number of pyridine rings is 1. The molecule has 0 radical (unpaired) electrons. The molecule has 2 N–H and O–H groups in total. The second-order valence-corrected chi connectivity index (χ2v) is 10.7. The second kappa shape index (κ2) is 13.5. The summed E-state index contributed by atoms with van der Waals surface area (Å²) in [6, 6.07) is 4.18. The predicted molar refractivity (Wildman–Crippen MR) is 160 cm³/mol. The van der Waals surface area contributed by atoms with Crippen molar-refractivity contribution in [1.82, 2.24) is 15.2 Å². The number of aromatic hydroxyl groups is 1. The van der Waals surface area contributed by atoms with Crippen LogP contribution in [0.3, 0.4) is 0 Å². The highest BCUT2D eigenvalue weighted by atomic mass is 19.1. The third kappa shape index (κ3) is 6.27. The molecular weight excluding hydrogens is 540 g/mol. The molecule has 8 nitrogen and oxygen atoms in total. The smallest absolute Gasteiger partial charge is 0.215 e. The number of rotatable bonds is 13. The molecule has 222 valence electrons. The molecule has 42 heavy (non-hydrogen) atoms. The van der Waals surface area contributed by atoms with E-state index in [4.69, 9.17) is 0 Å². The van der Waals surface area contributed by atoms with Gasteiger partial charge in [-0.15, -0.1) is 6.58 Å². The molecule has 10 heteroatoms. The van der Waals surface area contributed by atoms with Crippen LogP contribution in [0.4, 0.5) is 14.6 Å². The summed E-state index contributed by atoms with van der Waals surface area (Å²) in [5, 5.41) is 13.2. The van der Waals surface area contributed by atoms with Gasteiger partial charge in [0, 0.05) is 32.1 Å². The van der Waals surface area contributed by atoms with Crippen LogP contribution in [-0.4, -0.2) is 65.9 Å². The van der Waals surface area contributed by atoms with Crippen molar-refractivity contribution in [2.75, 3.05) is 25.0 Å². The van der Waals surface area contributed by atoms with Gasteiger partial charge in [-0.1, -0.05) is 30.4 Å². The highest BCUT2D eigenvalue weighted by Crippen LogP contribution is 2.45. The fourth-order valence-corrected chi connectivity index (χ4v) is 5.65. The van der Waals surface area contributed by atoms with E-state index in [1.165, 1.54) is 23.1 Å². The van der Waals surface area contributed by atoms with Gasteiger partial charge in [0.05, 0.1) is 17.2 Å². The van der Waals surface area contributed by atoms with Crippen LogP contribution in [0.5, 0.6) is 5.75 Å². The summed E-state index contributed by atoms with van der Waals surface area (Å²) in [5.41, 5.74) is 0.331. The molecule has 1 aromatic heterocycles. The third-order valence-electron chi connectivity index (χ3n) is 7.86. The molecule has 1 heterocycles. The van der Waals surface area contributed by atoms with Crippen molar-refractivity contribution >= 4 is 24.5 Å². The van der Waals surface area contributed by atoms with Crippen LogP contribution in [0.25, 0.3) is 11.3 Å². The highest BCUT2D eigenvalue weighted by molar-refractivity contribution is 6.05. The lowest BCUT2D eigenvalue weighted by atomic mass is 9.84. The van der Waals surface area contributed by atoms with Crippen molar-refractivity contribution in [3.8, 4) is 17.0 Å². The number of hydrogen-bond donors (Lipinski definition) is 2. The summed E-state index contributed by atoms with van der Waals surface area (Å²) >= 11 is 0. The molecular formula is C32H37F2N5O3. The number of hydrogen-bond acceptors (Lipinski definition) is 5. The fourth-order valence-electron chi connectivity index (χ4n) is 5.65. The number of aromatic nitrogens is 1.